The number of likely N-dealkylation sites (tertiary alicyclic amines) is 1. The molecule has 3 heterocycles. The molecule has 27 heavy (non-hydrogen) atoms. The lowest BCUT2D eigenvalue weighted by Gasteiger charge is -2.32. The molecule has 0 spiro atoms. The summed E-state index contributed by atoms with van der Waals surface area (Å²) in [7, 11) is 0. The number of hydrogen-bond donors (Lipinski definition) is 1. The SMILES string of the molecule is Cc1c(CN2CCCC(n3c(=O)oc4ccccc43)C2)[nH]c2ccccc12. The van der Waals surface area contributed by atoms with Crippen LogP contribution in [0.5, 0.6) is 0 Å². The van der Waals surface area contributed by atoms with Crippen LogP contribution in [0, 0.1) is 6.92 Å². The van der Waals surface area contributed by atoms with Gasteiger partial charge < -0.3 is 9.40 Å². The highest BCUT2D eigenvalue weighted by molar-refractivity contribution is 5.84. The van der Waals surface area contributed by atoms with Crippen molar-refractivity contribution in [3.8, 4) is 0 Å². The van der Waals surface area contributed by atoms with Crippen molar-refractivity contribution in [1.82, 2.24) is 14.5 Å². The van der Waals surface area contributed by atoms with E-state index in [0.29, 0.717) is 5.58 Å². The van der Waals surface area contributed by atoms with E-state index in [1.807, 2.05) is 28.8 Å². The summed E-state index contributed by atoms with van der Waals surface area (Å²) in [4.78, 5) is 18.5. The van der Waals surface area contributed by atoms with Crippen molar-refractivity contribution >= 4 is 22.0 Å². The molecule has 1 unspecified atom stereocenters. The first-order chi connectivity index (χ1) is 13.2. The number of nitrogens with one attached hydrogen (secondary N) is 1. The van der Waals surface area contributed by atoms with Crippen molar-refractivity contribution in [2.45, 2.75) is 32.4 Å². The Hall–Kier alpha value is -2.79. The Morgan fingerprint density at radius 2 is 1.96 bits per heavy atom. The standard InChI is InChI=1S/C22H23N3O2/c1-15-17-8-2-3-9-18(17)23-19(15)14-24-12-6-7-16(13-24)25-20-10-4-5-11-21(20)27-22(25)26/h2-5,8-11,16,23H,6-7,12-14H2,1H3. The normalized spacial score (nSPS) is 18.5. The molecule has 0 bridgehead atoms. The number of aromatic amines is 1. The van der Waals surface area contributed by atoms with Gasteiger partial charge in [0, 0.05) is 29.7 Å². The first kappa shape index (κ1) is 16.4. The monoisotopic (exact) mass is 361 g/mol. The molecule has 5 nitrogen and oxygen atoms in total. The van der Waals surface area contributed by atoms with E-state index in [4.69, 9.17) is 4.42 Å². The van der Waals surface area contributed by atoms with E-state index >= 15 is 0 Å². The minimum absolute atomic E-state index is 0.152. The number of para-hydroxylation sites is 3. The Balaban J connectivity index is 1.43. The molecule has 2 aromatic heterocycles. The van der Waals surface area contributed by atoms with Gasteiger partial charge in [0.2, 0.25) is 0 Å². The van der Waals surface area contributed by atoms with Gasteiger partial charge in [0.15, 0.2) is 5.58 Å². The third-order valence-corrected chi connectivity index (χ3v) is 5.82. The van der Waals surface area contributed by atoms with Gasteiger partial charge in [-0.3, -0.25) is 9.47 Å². The van der Waals surface area contributed by atoms with Crippen molar-refractivity contribution in [2.75, 3.05) is 13.1 Å². The summed E-state index contributed by atoms with van der Waals surface area (Å²) in [5.74, 6) is -0.246. The second-order valence-corrected chi connectivity index (χ2v) is 7.51. The third-order valence-electron chi connectivity index (χ3n) is 5.82. The minimum atomic E-state index is -0.246. The number of oxazole rings is 1. The lowest BCUT2D eigenvalue weighted by Crippen LogP contribution is -2.38. The first-order valence-electron chi connectivity index (χ1n) is 9.59. The predicted octanol–water partition coefficient (Wildman–Crippen LogP) is 4.22. The van der Waals surface area contributed by atoms with Crippen LogP contribution in [0.1, 0.15) is 30.1 Å². The van der Waals surface area contributed by atoms with Gasteiger partial charge >= 0.3 is 5.76 Å². The van der Waals surface area contributed by atoms with Crippen LogP contribution in [0.3, 0.4) is 0 Å². The van der Waals surface area contributed by atoms with Crippen molar-refractivity contribution in [1.29, 1.82) is 0 Å². The molecule has 1 aliphatic rings. The minimum Gasteiger partial charge on any atom is -0.408 e. The fourth-order valence-corrected chi connectivity index (χ4v) is 4.44. The Bertz CT molecular complexity index is 1170. The average molecular weight is 361 g/mol. The fraction of sp³-hybridized carbons (Fsp3) is 0.318. The number of aryl methyl sites for hydroxylation is 1. The van der Waals surface area contributed by atoms with Crippen molar-refractivity contribution < 1.29 is 4.42 Å². The molecular formula is C22H23N3O2. The topological polar surface area (TPSA) is 54.2 Å². The lowest BCUT2D eigenvalue weighted by atomic mass is 10.0. The quantitative estimate of drug-likeness (QED) is 0.594. The second-order valence-electron chi connectivity index (χ2n) is 7.51. The molecule has 0 amide bonds. The second kappa shape index (κ2) is 6.43. The highest BCUT2D eigenvalue weighted by atomic mass is 16.4. The van der Waals surface area contributed by atoms with Gasteiger partial charge in [-0.15, -0.1) is 0 Å². The largest absolute Gasteiger partial charge is 0.420 e. The van der Waals surface area contributed by atoms with Gasteiger partial charge in [-0.1, -0.05) is 30.3 Å². The molecule has 2 aromatic carbocycles. The molecule has 1 fully saturated rings. The van der Waals surface area contributed by atoms with E-state index in [9.17, 15) is 4.79 Å². The molecule has 1 atom stereocenters. The Morgan fingerprint density at radius 1 is 1.15 bits per heavy atom. The molecule has 1 aliphatic heterocycles. The van der Waals surface area contributed by atoms with Crippen molar-refractivity contribution in [3.63, 3.8) is 0 Å². The van der Waals surface area contributed by atoms with Crippen LogP contribution >= 0.6 is 0 Å². The summed E-state index contributed by atoms with van der Waals surface area (Å²) in [6, 6.07) is 16.3. The highest BCUT2D eigenvalue weighted by Gasteiger charge is 2.25. The van der Waals surface area contributed by atoms with Crippen LogP contribution in [0.25, 0.3) is 22.0 Å². The zero-order valence-electron chi connectivity index (χ0n) is 15.4. The maximum atomic E-state index is 12.4. The number of benzene rings is 2. The molecule has 5 rings (SSSR count). The zero-order chi connectivity index (χ0) is 18.4. The number of piperidine rings is 1. The smallest absolute Gasteiger partial charge is 0.408 e. The lowest BCUT2D eigenvalue weighted by molar-refractivity contribution is 0.166. The molecular weight excluding hydrogens is 338 g/mol. The molecule has 0 aliphatic carbocycles. The third kappa shape index (κ3) is 2.79. The number of rotatable bonds is 3. The Kier molecular flexibility index (Phi) is 3.90. The molecule has 1 saturated heterocycles. The average Bonchev–Trinajstić information content (AvgIpc) is 3.18. The van der Waals surface area contributed by atoms with E-state index in [0.717, 1.165) is 38.0 Å². The highest BCUT2D eigenvalue weighted by Crippen LogP contribution is 2.27. The first-order valence-corrected chi connectivity index (χ1v) is 9.59. The molecule has 0 radical (unpaired) electrons. The van der Waals surface area contributed by atoms with E-state index in [1.54, 1.807) is 0 Å². The summed E-state index contributed by atoms with van der Waals surface area (Å²) in [5, 5.41) is 1.29. The van der Waals surface area contributed by atoms with E-state index in [-0.39, 0.29) is 11.8 Å². The van der Waals surface area contributed by atoms with Crippen LogP contribution in [0.15, 0.2) is 57.7 Å². The van der Waals surface area contributed by atoms with Gasteiger partial charge in [0.25, 0.3) is 0 Å². The van der Waals surface area contributed by atoms with E-state index in [1.165, 1.54) is 22.2 Å². The Labute approximate surface area is 157 Å². The molecule has 4 aromatic rings. The fourth-order valence-electron chi connectivity index (χ4n) is 4.44. The number of fused-ring (bicyclic) bond motifs is 2. The number of H-pyrrole nitrogens is 1. The van der Waals surface area contributed by atoms with Gasteiger partial charge in [-0.2, -0.15) is 0 Å². The van der Waals surface area contributed by atoms with Crippen LogP contribution in [-0.2, 0) is 6.54 Å². The number of aromatic nitrogens is 2. The van der Waals surface area contributed by atoms with E-state index in [2.05, 4.69) is 41.1 Å². The summed E-state index contributed by atoms with van der Waals surface area (Å²) < 4.78 is 7.29. The summed E-state index contributed by atoms with van der Waals surface area (Å²) in [5.41, 5.74) is 5.35. The van der Waals surface area contributed by atoms with Gasteiger partial charge in [0.1, 0.15) is 0 Å². The summed E-state index contributed by atoms with van der Waals surface area (Å²) >= 11 is 0. The Morgan fingerprint density at radius 3 is 2.85 bits per heavy atom. The van der Waals surface area contributed by atoms with Crippen LogP contribution in [0.4, 0.5) is 0 Å². The van der Waals surface area contributed by atoms with Gasteiger partial charge in [0.05, 0.1) is 11.6 Å². The molecule has 138 valence electrons. The number of hydrogen-bond acceptors (Lipinski definition) is 3. The van der Waals surface area contributed by atoms with Gasteiger partial charge in [-0.05, 0) is 50.1 Å². The van der Waals surface area contributed by atoms with Crippen molar-refractivity contribution in [3.05, 3.63) is 70.3 Å². The summed E-state index contributed by atoms with van der Waals surface area (Å²) in [6.07, 6.45) is 2.08. The molecule has 1 N–H and O–H groups in total. The van der Waals surface area contributed by atoms with Crippen LogP contribution in [-0.4, -0.2) is 27.5 Å². The van der Waals surface area contributed by atoms with E-state index < -0.39 is 0 Å². The maximum absolute atomic E-state index is 12.4. The molecule has 0 saturated carbocycles. The molecule has 5 heteroatoms. The summed E-state index contributed by atoms with van der Waals surface area (Å²) in [6.45, 7) is 4.97. The van der Waals surface area contributed by atoms with Gasteiger partial charge in [-0.25, -0.2) is 4.79 Å². The van der Waals surface area contributed by atoms with Crippen molar-refractivity contribution in [2.24, 2.45) is 0 Å². The van der Waals surface area contributed by atoms with Crippen LogP contribution < -0.4 is 5.76 Å². The zero-order valence-corrected chi connectivity index (χ0v) is 15.4. The van der Waals surface area contributed by atoms with Crippen LogP contribution in [0.2, 0.25) is 0 Å². The predicted molar refractivity (Wildman–Crippen MR) is 107 cm³/mol. The maximum Gasteiger partial charge on any atom is 0.420 e. The number of nitrogens with zero attached hydrogens (tertiary/aromatic N) is 2.